The maximum atomic E-state index is 12.6. The molecule has 2 aromatic rings. The summed E-state index contributed by atoms with van der Waals surface area (Å²) >= 11 is 0.906. The molecule has 1 aliphatic rings. The van der Waals surface area contributed by atoms with Crippen LogP contribution >= 0.6 is 11.8 Å². The number of ether oxygens (including phenoxy) is 2. The topological polar surface area (TPSA) is 112 Å². The number of rotatable bonds is 7. The zero-order valence-electron chi connectivity index (χ0n) is 16.5. The molecule has 9 nitrogen and oxygen atoms in total. The van der Waals surface area contributed by atoms with E-state index in [0.29, 0.717) is 28.4 Å². The van der Waals surface area contributed by atoms with Gasteiger partial charge in [-0.3, -0.25) is 24.6 Å². The van der Waals surface area contributed by atoms with Gasteiger partial charge in [0.15, 0.2) is 11.5 Å². The van der Waals surface area contributed by atoms with Crippen LogP contribution in [-0.4, -0.2) is 39.1 Å². The van der Waals surface area contributed by atoms with Crippen LogP contribution in [0, 0.1) is 10.1 Å². The van der Waals surface area contributed by atoms with Gasteiger partial charge < -0.3 is 9.47 Å². The molecule has 1 unspecified atom stereocenters. The zero-order chi connectivity index (χ0) is 21.8. The predicted molar refractivity (Wildman–Crippen MR) is 112 cm³/mol. The van der Waals surface area contributed by atoms with E-state index in [9.17, 15) is 19.7 Å². The van der Waals surface area contributed by atoms with Gasteiger partial charge in [0, 0.05) is 18.2 Å². The van der Waals surface area contributed by atoms with E-state index in [1.54, 1.807) is 24.3 Å². The number of hydrogen-bond acceptors (Lipinski definition) is 8. The highest BCUT2D eigenvalue weighted by atomic mass is 32.2. The van der Waals surface area contributed by atoms with E-state index in [-0.39, 0.29) is 28.8 Å². The number of aromatic nitrogens is 1. The van der Waals surface area contributed by atoms with Crippen molar-refractivity contribution in [3.63, 3.8) is 0 Å². The average molecular weight is 429 g/mol. The lowest BCUT2D eigenvalue weighted by Crippen LogP contribution is -2.36. The SMILES string of the molecule is CCC(C)N1C(=O)SC(=Cc2ccc(Oc3ccc([N+](=O)[O-])cn3)c(OC)c2)C1=O. The summed E-state index contributed by atoms with van der Waals surface area (Å²) in [5, 5.41) is 10.4. The highest BCUT2D eigenvalue weighted by molar-refractivity contribution is 8.18. The average Bonchev–Trinajstić information content (AvgIpc) is 3.01. The molecular weight excluding hydrogens is 410 g/mol. The zero-order valence-corrected chi connectivity index (χ0v) is 17.3. The van der Waals surface area contributed by atoms with Crippen molar-refractivity contribution in [3.8, 4) is 17.4 Å². The number of hydrogen-bond donors (Lipinski definition) is 0. The van der Waals surface area contributed by atoms with Gasteiger partial charge in [0.05, 0.1) is 16.9 Å². The number of methoxy groups -OCH3 is 1. The Bertz CT molecular complexity index is 1020. The number of pyridine rings is 1. The number of carbonyl (C=O) groups is 2. The number of nitrogens with zero attached hydrogens (tertiary/aromatic N) is 3. The number of nitro groups is 1. The van der Waals surface area contributed by atoms with Crippen molar-refractivity contribution >= 4 is 34.7 Å². The van der Waals surface area contributed by atoms with Gasteiger partial charge in [0.1, 0.15) is 6.20 Å². The Labute approximate surface area is 176 Å². The molecule has 0 N–H and O–H groups in total. The molecule has 1 aromatic heterocycles. The number of carbonyl (C=O) groups excluding carboxylic acids is 2. The largest absolute Gasteiger partial charge is 0.493 e. The fourth-order valence-electron chi connectivity index (χ4n) is 2.71. The molecule has 1 aliphatic heterocycles. The van der Waals surface area contributed by atoms with Gasteiger partial charge in [0.25, 0.3) is 16.8 Å². The maximum Gasteiger partial charge on any atom is 0.293 e. The second-order valence-corrected chi connectivity index (χ2v) is 7.43. The van der Waals surface area contributed by atoms with Crippen molar-refractivity contribution in [2.24, 2.45) is 0 Å². The van der Waals surface area contributed by atoms with Crippen LogP contribution in [0.2, 0.25) is 0 Å². The Morgan fingerprint density at radius 2 is 2.03 bits per heavy atom. The summed E-state index contributed by atoms with van der Waals surface area (Å²) in [6.45, 7) is 3.75. The van der Waals surface area contributed by atoms with Crippen LogP contribution in [0.15, 0.2) is 41.4 Å². The van der Waals surface area contributed by atoms with Crippen LogP contribution in [0.4, 0.5) is 10.5 Å². The summed E-state index contributed by atoms with van der Waals surface area (Å²) in [5.41, 5.74) is 0.515. The minimum absolute atomic E-state index is 0.143. The third-order valence-corrected chi connectivity index (χ3v) is 5.37. The molecule has 0 saturated carbocycles. The molecule has 30 heavy (non-hydrogen) atoms. The normalized spacial score (nSPS) is 16.1. The summed E-state index contributed by atoms with van der Waals surface area (Å²) < 4.78 is 11.0. The summed E-state index contributed by atoms with van der Waals surface area (Å²) in [4.78, 5) is 40.4. The third kappa shape index (κ3) is 4.43. The van der Waals surface area contributed by atoms with Gasteiger partial charge in [-0.1, -0.05) is 13.0 Å². The van der Waals surface area contributed by atoms with Crippen LogP contribution in [0.5, 0.6) is 17.4 Å². The summed E-state index contributed by atoms with van der Waals surface area (Å²) in [5.74, 6) is 0.587. The van der Waals surface area contributed by atoms with Crippen LogP contribution < -0.4 is 9.47 Å². The van der Waals surface area contributed by atoms with Gasteiger partial charge in [-0.2, -0.15) is 0 Å². The van der Waals surface area contributed by atoms with Crippen molar-refractivity contribution in [1.82, 2.24) is 9.88 Å². The Morgan fingerprint density at radius 3 is 2.63 bits per heavy atom. The first-order chi connectivity index (χ1) is 14.3. The van der Waals surface area contributed by atoms with E-state index in [4.69, 9.17) is 9.47 Å². The van der Waals surface area contributed by atoms with E-state index < -0.39 is 4.92 Å². The molecular formula is C20H19N3O6S. The molecule has 156 valence electrons. The molecule has 2 heterocycles. The number of imide groups is 1. The summed E-state index contributed by atoms with van der Waals surface area (Å²) in [7, 11) is 1.46. The lowest BCUT2D eigenvalue weighted by atomic mass is 10.1. The van der Waals surface area contributed by atoms with Crippen LogP contribution in [0.3, 0.4) is 0 Å². The van der Waals surface area contributed by atoms with Crippen molar-refractivity contribution in [1.29, 1.82) is 0 Å². The van der Waals surface area contributed by atoms with Crippen LogP contribution in [0.1, 0.15) is 25.8 Å². The van der Waals surface area contributed by atoms with Crippen LogP contribution in [-0.2, 0) is 4.79 Å². The van der Waals surface area contributed by atoms with Crippen molar-refractivity contribution in [3.05, 3.63) is 57.1 Å². The molecule has 0 spiro atoms. The first-order valence-corrected chi connectivity index (χ1v) is 9.89. The summed E-state index contributed by atoms with van der Waals surface area (Å²) in [6, 6.07) is 7.51. The highest BCUT2D eigenvalue weighted by Crippen LogP contribution is 2.36. The monoisotopic (exact) mass is 429 g/mol. The second-order valence-electron chi connectivity index (χ2n) is 6.43. The second kappa shape index (κ2) is 8.95. The number of thioether (sulfide) groups is 1. The number of amides is 2. The third-order valence-electron chi connectivity index (χ3n) is 4.49. The quantitative estimate of drug-likeness (QED) is 0.356. The predicted octanol–water partition coefficient (Wildman–Crippen LogP) is 4.63. The van der Waals surface area contributed by atoms with Gasteiger partial charge in [-0.05, 0) is 48.9 Å². The standard InChI is InChI=1S/C20H19N3O6S/c1-4-12(2)22-19(24)17(30-20(22)25)10-13-5-7-15(16(9-13)28-3)29-18-8-6-14(11-21-18)23(26)27/h5-12H,4H2,1-3H3. The first kappa shape index (κ1) is 21.3. The number of benzene rings is 1. The van der Waals surface area contributed by atoms with Gasteiger partial charge in [-0.25, -0.2) is 4.98 Å². The first-order valence-electron chi connectivity index (χ1n) is 9.07. The maximum absolute atomic E-state index is 12.6. The molecule has 1 atom stereocenters. The Kier molecular flexibility index (Phi) is 6.36. The molecule has 1 saturated heterocycles. The Balaban J connectivity index is 1.82. The Hall–Kier alpha value is -3.40. The molecule has 10 heteroatoms. The molecule has 2 amide bonds. The van der Waals surface area contributed by atoms with E-state index >= 15 is 0 Å². The molecule has 3 rings (SSSR count). The molecule has 0 radical (unpaired) electrons. The molecule has 0 aliphatic carbocycles. The minimum atomic E-state index is -0.547. The fourth-order valence-corrected chi connectivity index (χ4v) is 3.64. The van der Waals surface area contributed by atoms with Crippen molar-refractivity contribution in [2.45, 2.75) is 26.3 Å². The summed E-state index contributed by atoms with van der Waals surface area (Å²) in [6.07, 6.45) is 3.41. The van der Waals surface area contributed by atoms with E-state index in [0.717, 1.165) is 18.0 Å². The van der Waals surface area contributed by atoms with E-state index in [1.165, 1.54) is 24.1 Å². The van der Waals surface area contributed by atoms with E-state index in [1.807, 2.05) is 13.8 Å². The molecule has 1 aromatic carbocycles. The smallest absolute Gasteiger partial charge is 0.293 e. The van der Waals surface area contributed by atoms with E-state index in [2.05, 4.69) is 4.98 Å². The lowest BCUT2D eigenvalue weighted by molar-refractivity contribution is -0.385. The highest BCUT2D eigenvalue weighted by Gasteiger charge is 2.37. The van der Waals surface area contributed by atoms with Crippen LogP contribution in [0.25, 0.3) is 6.08 Å². The van der Waals surface area contributed by atoms with Gasteiger partial charge in [-0.15, -0.1) is 0 Å². The molecule has 1 fully saturated rings. The van der Waals surface area contributed by atoms with Crippen molar-refractivity contribution in [2.75, 3.05) is 7.11 Å². The van der Waals surface area contributed by atoms with Gasteiger partial charge in [0.2, 0.25) is 5.88 Å². The van der Waals surface area contributed by atoms with Gasteiger partial charge >= 0.3 is 0 Å². The minimum Gasteiger partial charge on any atom is -0.493 e. The Morgan fingerprint density at radius 1 is 1.27 bits per heavy atom. The fraction of sp³-hybridized carbons (Fsp3) is 0.250. The van der Waals surface area contributed by atoms with Crippen molar-refractivity contribution < 1.29 is 24.0 Å². The molecule has 0 bridgehead atoms. The lowest BCUT2D eigenvalue weighted by Gasteiger charge is -2.19.